The van der Waals surface area contributed by atoms with Crippen molar-refractivity contribution in [2.45, 2.75) is 50.0 Å². The molecule has 1 amide bonds. The van der Waals surface area contributed by atoms with Crippen LogP contribution in [0.15, 0.2) is 35.5 Å². The van der Waals surface area contributed by atoms with Crippen molar-refractivity contribution in [2.75, 3.05) is 11.6 Å². The van der Waals surface area contributed by atoms with Crippen LogP contribution in [-0.2, 0) is 11.3 Å². The van der Waals surface area contributed by atoms with Gasteiger partial charge in [-0.25, -0.2) is 4.68 Å². The molecule has 7 heteroatoms. The van der Waals surface area contributed by atoms with Crippen LogP contribution in [0.3, 0.4) is 0 Å². The van der Waals surface area contributed by atoms with Gasteiger partial charge in [0.2, 0.25) is 5.91 Å². The summed E-state index contributed by atoms with van der Waals surface area (Å²) in [6.45, 7) is 0.707. The second-order valence-electron chi connectivity index (χ2n) is 6.52. The predicted octanol–water partition coefficient (Wildman–Crippen LogP) is 3.37. The highest BCUT2D eigenvalue weighted by Gasteiger charge is 2.35. The molecule has 1 aliphatic carbocycles. The van der Waals surface area contributed by atoms with Crippen LogP contribution in [0.5, 0.6) is 0 Å². The van der Waals surface area contributed by atoms with Crippen LogP contribution < -0.4 is 5.32 Å². The van der Waals surface area contributed by atoms with Crippen LogP contribution in [-0.4, -0.2) is 32.4 Å². The number of thioether (sulfide) groups is 1. The van der Waals surface area contributed by atoms with Crippen LogP contribution in [0.2, 0.25) is 0 Å². The van der Waals surface area contributed by atoms with E-state index in [0.717, 1.165) is 36.3 Å². The normalized spacial score (nSPS) is 16.7. The molecular formula is C17H23N5OS. The fraction of sp³-hybridized carbons (Fsp3) is 0.529. The number of benzene rings is 1. The fourth-order valence-corrected chi connectivity index (χ4v) is 4.00. The topological polar surface area (TPSA) is 72.7 Å². The molecular weight excluding hydrogens is 322 g/mol. The molecule has 6 nitrogen and oxygen atoms in total. The minimum Gasteiger partial charge on any atom is -0.326 e. The average Bonchev–Trinajstić information content (AvgIpc) is 3.08. The van der Waals surface area contributed by atoms with Crippen molar-refractivity contribution in [1.82, 2.24) is 20.2 Å². The molecule has 0 spiro atoms. The Labute approximate surface area is 146 Å². The molecule has 24 heavy (non-hydrogen) atoms. The maximum absolute atomic E-state index is 12.6. The lowest BCUT2D eigenvalue weighted by Gasteiger charge is -2.36. The standard InChI is InChI=1S/C17H23N5OS/c1-24-15-7-5-6-14(10-15)19-16(23)11-17(8-3-2-4-9-17)12-22-13-18-20-21-22/h5-7,10,13H,2-4,8-9,11-12H2,1H3,(H,19,23). The molecule has 0 aliphatic heterocycles. The number of hydrogen-bond acceptors (Lipinski definition) is 5. The zero-order valence-electron chi connectivity index (χ0n) is 13.9. The molecule has 0 radical (unpaired) electrons. The van der Waals surface area contributed by atoms with Crippen molar-refractivity contribution in [1.29, 1.82) is 0 Å². The summed E-state index contributed by atoms with van der Waals surface area (Å²) in [7, 11) is 0. The molecule has 128 valence electrons. The van der Waals surface area contributed by atoms with Crippen molar-refractivity contribution in [3.8, 4) is 0 Å². The number of amides is 1. The van der Waals surface area contributed by atoms with Gasteiger partial charge in [0, 0.05) is 17.0 Å². The zero-order chi connectivity index (χ0) is 16.8. The Morgan fingerprint density at radius 1 is 1.33 bits per heavy atom. The smallest absolute Gasteiger partial charge is 0.225 e. The molecule has 0 saturated heterocycles. The van der Waals surface area contributed by atoms with E-state index in [1.807, 2.05) is 30.5 Å². The number of rotatable bonds is 6. The van der Waals surface area contributed by atoms with E-state index in [0.29, 0.717) is 13.0 Å². The molecule has 2 aromatic rings. The van der Waals surface area contributed by atoms with E-state index < -0.39 is 0 Å². The quantitative estimate of drug-likeness (QED) is 0.813. The number of tetrazole rings is 1. The minimum atomic E-state index is -0.0468. The summed E-state index contributed by atoms with van der Waals surface area (Å²) in [5, 5.41) is 14.5. The van der Waals surface area contributed by atoms with Crippen LogP contribution in [0.25, 0.3) is 0 Å². The lowest BCUT2D eigenvalue weighted by molar-refractivity contribution is -0.119. The van der Waals surface area contributed by atoms with Crippen LogP contribution >= 0.6 is 11.8 Å². The van der Waals surface area contributed by atoms with Gasteiger partial charge >= 0.3 is 0 Å². The van der Waals surface area contributed by atoms with E-state index in [2.05, 4.69) is 20.8 Å². The summed E-state index contributed by atoms with van der Waals surface area (Å²) < 4.78 is 1.76. The van der Waals surface area contributed by atoms with E-state index in [-0.39, 0.29) is 11.3 Å². The molecule has 0 bridgehead atoms. The van der Waals surface area contributed by atoms with Gasteiger partial charge in [0.05, 0.1) is 6.54 Å². The van der Waals surface area contributed by atoms with Crippen molar-refractivity contribution in [3.05, 3.63) is 30.6 Å². The molecule has 1 saturated carbocycles. The first kappa shape index (κ1) is 17.0. The Bertz CT molecular complexity index is 667. The van der Waals surface area contributed by atoms with Crippen molar-refractivity contribution >= 4 is 23.4 Å². The molecule has 1 fully saturated rings. The molecule has 1 aromatic heterocycles. The van der Waals surface area contributed by atoms with E-state index in [1.54, 1.807) is 22.8 Å². The summed E-state index contributed by atoms with van der Waals surface area (Å²) in [4.78, 5) is 13.8. The number of hydrogen-bond donors (Lipinski definition) is 1. The molecule has 1 N–H and O–H groups in total. The molecule has 1 heterocycles. The van der Waals surface area contributed by atoms with E-state index >= 15 is 0 Å². The van der Waals surface area contributed by atoms with Gasteiger partial charge in [-0.15, -0.1) is 16.9 Å². The largest absolute Gasteiger partial charge is 0.326 e. The van der Waals surface area contributed by atoms with E-state index in [9.17, 15) is 4.79 Å². The maximum atomic E-state index is 12.6. The summed E-state index contributed by atoms with van der Waals surface area (Å²) in [6.07, 6.45) is 9.84. The second-order valence-corrected chi connectivity index (χ2v) is 7.40. The molecule has 0 unspecified atom stereocenters. The van der Waals surface area contributed by atoms with Gasteiger partial charge in [0.25, 0.3) is 0 Å². The number of nitrogens with zero attached hydrogens (tertiary/aromatic N) is 4. The molecule has 1 aliphatic rings. The number of carbonyl (C=O) groups is 1. The van der Waals surface area contributed by atoms with Gasteiger partial charge in [-0.1, -0.05) is 25.3 Å². The Balaban J connectivity index is 1.68. The number of anilines is 1. The van der Waals surface area contributed by atoms with Gasteiger partial charge in [-0.05, 0) is 53.1 Å². The third-order valence-corrected chi connectivity index (χ3v) is 5.42. The summed E-state index contributed by atoms with van der Waals surface area (Å²) in [5.74, 6) is 0.0724. The Kier molecular flexibility index (Phi) is 5.50. The monoisotopic (exact) mass is 345 g/mol. The zero-order valence-corrected chi connectivity index (χ0v) is 14.8. The average molecular weight is 345 g/mol. The van der Waals surface area contributed by atoms with Gasteiger partial charge < -0.3 is 5.32 Å². The highest BCUT2D eigenvalue weighted by molar-refractivity contribution is 7.98. The summed E-state index contributed by atoms with van der Waals surface area (Å²) in [5.41, 5.74) is 0.815. The lowest BCUT2D eigenvalue weighted by Crippen LogP contribution is -2.34. The van der Waals surface area contributed by atoms with Crippen LogP contribution in [0.1, 0.15) is 38.5 Å². The third-order valence-electron chi connectivity index (χ3n) is 4.69. The summed E-state index contributed by atoms with van der Waals surface area (Å²) >= 11 is 1.67. The first-order chi connectivity index (χ1) is 11.7. The number of aromatic nitrogens is 4. The van der Waals surface area contributed by atoms with Crippen LogP contribution in [0, 0.1) is 5.41 Å². The first-order valence-electron chi connectivity index (χ1n) is 8.34. The molecule has 0 atom stereocenters. The highest BCUT2D eigenvalue weighted by atomic mass is 32.2. The van der Waals surface area contributed by atoms with Gasteiger partial charge in [0.15, 0.2) is 0 Å². The Morgan fingerprint density at radius 2 is 2.17 bits per heavy atom. The Hall–Kier alpha value is -1.89. The van der Waals surface area contributed by atoms with Crippen LogP contribution in [0.4, 0.5) is 5.69 Å². The second kappa shape index (κ2) is 7.79. The lowest BCUT2D eigenvalue weighted by atomic mass is 9.71. The fourth-order valence-electron chi connectivity index (χ4n) is 3.54. The van der Waals surface area contributed by atoms with Crippen molar-refractivity contribution in [3.63, 3.8) is 0 Å². The SMILES string of the molecule is CSc1cccc(NC(=O)CC2(Cn3cnnn3)CCCCC2)c1. The van der Waals surface area contributed by atoms with E-state index in [1.165, 1.54) is 6.42 Å². The van der Waals surface area contributed by atoms with Gasteiger partial charge in [0.1, 0.15) is 6.33 Å². The maximum Gasteiger partial charge on any atom is 0.225 e. The van der Waals surface area contributed by atoms with E-state index in [4.69, 9.17) is 0 Å². The van der Waals surface area contributed by atoms with Crippen molar-refractivity contribution < 1.29 is 4.79 Å². The Morgan fingerprint density at radius 3 is 2.88 bits per heavy atom. The number of carbonyl (C=O) groups excluding carboxylic acids is 1. The minimum absolute atomic E-state index is 0.0468. The highest BCUT2D eigenvalue weighted by Crippen LogP contribution is 2.41. The number of nitrogens with one attached hydrogen (secondary N) is 1. The predicted molar refractivity (Wildman–Crippen MR) is 94.8 cm³/mol. The van der Waals surface area contributed by atoms with Crippen molar-refractivity contribution in [2.24, 2.45) is 5.41 Å². The first-order valence-corrected chi connectivity index (χ1v) is 9.56. The molecule has 1 aromatic carbocycles. The van der Waals surface area contributed by atoms with Gasteiger partial charge in [-0.2, -0.15) is 0 Å². The van der Waals surface area contributed by atoms with Gasteiger partial charge in [-0.3, -0.25) is 4.79 Å². The third kappa shape index (κ3) is 4.35. The summed E-state index contributed by atoms with van der Waals surface area (Å²) in [6, 6.07) is 7.96. The molecule has 3 rings (SSSR count).